The summed E-state index contributed by atoms with van der Waals surface area (Å²) in [5.74, 6) is 1.05. The third-order valence-corrected chi connectivity index (χ3v) is 4.60. The molecule has 82 valence electrons. The minimum atomic E-state index is 0.698. The van der Waals surface area contributed by atoms with Crippen molar-refractivity contribution in [2.45, 2.75) is 57.8 Å². The van der Waals surface area contributed by atoms with Crippen LogP contribution in [0.15, 0.2) is 0 Å². The summed E-state index contributed by atoms with van der Waals surface area (Å²) in [7, 11) is 2.13. The zero-order valence-electron chi connectivity index (χ0n) is 9.65. The molecule has 0 saturated heterocycles. The maximum Gasteiger partial charge on any atom is 0.000746 e. The Balaban J connectivity index is 2.02. The summed E-state index contributed by atoms with van der Waals surface area (Å²) in [6, 6.07) is 0. The molecule has 1 nitrogen and oxygen atoms in total. The maximum atomic E-state index is 3.46. The van der Waals surface area contributed by atoms with Crippen LogP contribution in [-0.2, 0) is 0 Å². The van der Waals surface area contributed by atoms with Crippen molar-refractivity contribution in [3.05, 3.63) is 0 Å². The Morgan fingerprint density at radius 1 is 1.00 bits per heavy atom. The fourth-order valence-electron chi connectivity index (χ4n) is 3.88. The molecular formula is C13H25N. The third-order valence-electron chi connectivity index (χ3n) is 4.60. The van der Waals surface area contributed by atoms with Crippen molar-refractivity contribution in [3.63, 3.8) is 0 Å². The average Bonchev–Trinajstić information content (AvgIpc) is 2.73. The van der Waals surface area contributed by atoms with E-state index >= 15 is 0 Å². The first-order chi connectivity index (χ1) is 6.87. The van der Waals surface area contributed by atoms with Crippen molar-refractivity contribution in [1.82, 2.24) is 5.32 Å². The zero-order chi connectivity index (χ0) is 9.86. The molecule has 0 aliphatic heterocycles. The molecule has 0 aromatic rings. The van der Waals surface area contributed by atoms with Crippen LogP contribution in [0.5, 0.6) is 0 Å². The Morgan fingerprint density at radius 2 is 1.64 bits per heavy atom. The lowest BCUT2D eigenvalue weighted by Gasteiger charge is -2.42. The van der Waals surface area contributed by atoms with E-state index in [4.69, 9.17) is 0 Å². The van der Waals surface area contributed by atoms with Gasteiger partial charge in [-0.15, -0.1) is 0 Å². The summed E-state index contributed by atoms with van der Waals surface area (Å²) in [4.78, 5) is 0. The lowest BCUT2D eigenvalue weighted by atomic mass is 9.65. The Bertz CT molecular complexity index is 159. The molecule has 0 heterocycles. The fourth-order valence-corrected chi connectivity index (χ4v) is 3.88. The normalized spacial score (nSPS) is 28.1. The molecule has 0 aromatic heterocycles. The van der Waals surface area contributed by atoms with Crippen LogP contribution in [-0.4, -0.2) is 13.6 Å². The summed E-state index contributed by atoms with van der Waals surface area (Å²) in [6.45, 7) is 1.28. The summed E-state index contributed by atoms with van der Waals surface area (Å²) >= 11 is 0. The van der Waals surface area contributed by atoms with Gasteiger partial charge in [-0.1, -0.05) is 32.1 Å². The molecule has 0 bridgehead atoms. The second-order valence-electron chi connectivity index (χ2n) is 5.43. The second-order valence-corrected chi connectivity index (χ2v) is 5.43. The summed E-state index contributed by atoms with van der Waals surface area (Å²) < 4.78 is 0. The first-order valence-corrected chi connectivity index (χ1v) is 6.52. The minimum Gasteiger partial charge on any atom is -0.319 e. The maximum absolute atomic E-state index is 3.46. The Morgan fingerprint density at radius 3 is 2.21 bits per heavy atom. The molecule has 2 aliphatic carbocycles. The molecule has 2 rings (SSSR count). The van der Waals surface area contributed by atoms with E-state index in [1.807, 2.05) is 0 Å². The van der Waals surface area contributed by atoms with Crippen LogP contribution in [0.2, 0.25) is 0 Å². The van der Waals surface area contributed by atoms with Crippen molar-refractivity contribution in [2.75, 3.05) is 13.6 Å². The molecule has 0 atom stereocenters. The molecule has 0 amide bonds. The lowest BCUT2D eigenvalue weighted by Crippen LogP contribution is -2.40. The molecule has 0 unspecified atom stereocenters. The Kier molecular flexibility index (Phi) is 3.48. The molecule has 1 N–H and O–H groups in total. The highest BCUT2D eigenvalue weighted by Crippen LogP contribution is 2.48. The Labute approximate surface area is 88.7 Å². The van der Waals surface area contributed by atoms with E-state index < -0.39 is 0 Å². The van der Waals surface area contributed by atoms with Crippen LogP contribution in [0, 0.1) is 11.3 Å². The van der Waals surface area contributed by atoms with E-state index in [0.29, 0.717) is 5.41 Å². The molecule has 1 heteroatoms. The van der Waals surface area contributed by atoms with E-state index in [-0.39, 0.29) is 0 Å². The van der Waals surface area contributed by atoms with Crippen molar-refractivity contribution >= 4 is 0 Å². The third kappa shape index (κ3) is 1.98. The van der Waals surface area contributed by atoms with E-state index in [2.05, 4.69) is 12.4 Å². The predicted octanol–water partition coefficient (Wildman–Crippen LogP) is 3.35. The van der Waals surface area contributed by atoms with Gasteiger partial charge in [0, 0.05) is 6.54 Å². The van der Waals surface area contributed by atoms with Crippen LogP contribution >= 0.6 is 0 Å². The van der Waals surface area contributed by atoms with E-state index in [9.17, 15) is 0 Å². The molecule has 0 radical (unpaired) electrons. The first kappa shape index (κ1) is 10.5. The van der Waals surface area contributed by atoms with Gasteiger partial charge in [-0.3, -0.25) is 0 Å². The molecule has 2 saturated carbocycles. The molecule has 0 aromatic carbocycles. The number of hydrogen-bond acceptors (Lipinski definition) is 1. The standard InChI is InChI=1S/C13H25N/c1-14-11-13(9-5-2-6-10-13)12-7-3-4-8-12/h12,14H,2-11H2,1H3. The van der Waals surface area contributed by atoms with Gasteiger partial charge in [-0.25, -0.2) is 0 Å². The molecule has 14 heavy (non-hydrogen) atoms. The number of rotatable bonds is 3. The number of hydrogen-bond donors (Lipinski definition) is 1. The molecule has 2 aliphatic rings. The van der Waals surface area contributed by atoms with Crippen LogP contribution in [0.4, 0.5) is 0 Å². The van der Waals surface area contributed by atoms with Crippen LogP contribution in [0.1, 0.15) is 57.8 Å². The summed E-state index contributed by atoms with van der Waals surface area (Å²) in [5.41, 5.74) is 0.698. The van der Waals surface area contributed by atoms with Crippen molar-refractivity contribution in [3.8, 4) is 0 Å². The molecular weight excluding hydrogens is 170 g/mol. The molecule has 2 fully saturated rings. The topological polar surface area (TPSA) is 12.0 Å². The van der Waals surface area contributed by atoms with Crippen molar-refractivity contribution in [1.29, 1.82) is 0 Å². The lowest BCUT2D eigenvalue weighted by molar-refractivity contribution is 0.0994. The van der Waals surface area contributed by atoms with E-state index in [1.54, 1.807) is 0 Å². The van der Waals surface area contributed by atoms with E-state index in [0.717, 1.165) is 5.92 Å². The van der Waals surface area contributed by atoms with Gasteiger partial charge in [0.2, 0.25) is 0 Å². The molecule has 0 spiro atoms. The monoisotopic (exact) mass is 195 g/mol. The predicted molar refractivity (Wildman–Crippen MR) is 61.4 cm³/mol. The Hall–Kier alpha value is -0.0400. The van der Waals surface area contributed by atoms with Gasteiger partial charge in [-0.2, -0.15) is 0 Å². The van der Waals surface area contributed by atoms with Gasteiger partial charge in [0.25, 0.3) is 0 Å². The second kappa shape index (κ2) is 4.65. The smallest absolute Gasteiger partial charge is 0.000746 e. The van der Waals surface area contributed by atoms with E-state index in [1.165, 1.54) is 64.3 Å². The van der Waals surface area contributed by atoms with Crippen molar-refractivity contribution in [2.24, 2.45) is 11.3 Å². The first-order valence-electron chi connectivity index (χ1n) is 6.52. The highest BCUT2D eigenvalue weighted by atomic mass is 14.8. The fraction of sp³-hybridized carbons (Fsp3) is 1.00. The van der Waals surface area contributed by atoms with Gasteiger partial charge < -0.3 is 5.32 Å². The zero-order valence-corrected chi connectivity index (χ0v) is 9.65. The minimum absolute atomic E-state index is 0.698. The quantitative estimate of drug-likeness (QED) is 0.728. The van der Waals surface area contributed by atoms with Crippen LogP contribution < -0.4 is 5.32 Å². The van der Waals surface area contributed by atoms with Gasteiger partial charge in [0.15, 0.2) is 0 Å². The van der Waals surface area contributed by atoms with Gasteiger partial charge in [0.05, 0.1) is 0 Å². The van der Waals surface area contributed by atoms with Crippen LogP contribution in [0.3, 0.4) is 0 Å². The SMILES string of the molecule is CNCC1(C2CCCC2)CCCCC1. The highest BCUT2D eigenvalue weighted by molar-refractivity contribution is 4.92. The average molecular weight is 195 g/mol. The van der Waals surface area contributed by atoms with Crippen molar-refractivity contribution < 1.29 is 0 Å². The van der Waals surface area contributed by atoms with Gasteiger partial charge >= 0.3 is 0 Å². The summed E-state index contributed by atoms with van der Waals surface area (Å²) in [6.07, 6.45) is 13.5. The van der Waals surface area contributed by atoms with Crippen LogP contribution in [0.25, 0.3) is 0 Å². The summed E-state index contributed by atoms with van der Waals surface area (Å²) in [5, 5.41) is 3.46. The largest absolute Gasteiger partial charge is 0.319 e. The van der Waals surface area contributed by atoms with Gasteiger partial charge in [0.1, 0.15) is 0 Å². The van der Waals surface area contributed by atoms with Gasteiger partial charge in [-0.05, 0) is 44.1 Å². The number of nitrogens with one attached hydrogen (secondary N) is 1. The highest BCUT2D eigenvalue weighted by Gasteiger charge is 2.39.